The summed E-state index contributed by atoms with van der Waals surface area (Å²) in [5.41, 5.74) is 17.5. The van der Waals surface area contributed by atoms with Crippen LogP contribution in [0.1, 0.15) is 47.2 Å². The van der Waals surface area contributed by atoms with Gasteiger partial charge in [0.25, 0.3) is 0 Å². The fourth-order valence-corrected chi connectivity index (χ4v) is 8.32. The van der Waals surface area contributed by atoms with E-state index < -0.39 is 5.41 Å². The zero-order chi connectivity index (χ0) is 31.6. The number of benzene rings is 7. The summed E-state index contributed by atoms with van der Waals surface area (Å²) < 4.78 is 0. The third kappa shape index (κ3) is 4.09. The Morgan fingerprint density at radius 3 is 1.53 bits per heavy atom. The molecule has 0 saturated heterocycles. The predicted octanol–water partition coefficient (Wildman–Crippen LogP) is 11.8. The summed E-state index contributed by atoms with van der Waals surface area (Å²) in [4.78, 5) is 0. The van der Waals surface area contributed by atoms with Gasteiger partial charge in [-0.3, -0.25) is 0 Å². The maximum Gasteiger partial charge on any atom is 0.0714 e. The molecule has 1 nitrogen and oxygen atoms in total. The Morgan fingerprint density at radius 2 is 0.851 bits per heavy atom. The van der Waals surface area contributed by atoms with Crippen LogP contribution in [0.3, 0.4) is 0 Å². The van der Waals surface area contributed by atoms with Gasteiger partial charge in [-0.1, -0.05) is 153 Å². The van der Waals surface area contributed by atoms with E-state index in [0.717, 1.165) is 11.4 Å². The van der Waals surface area contributed by atoms with Gasteiger partial charge in [0.2, 0.25) is 0 Å². The summed E-state index contributed by atoms with van der Waals surface area (Å²) >= 11 is 0. The van der Waals surface area contributed by atoms with E-state index in [4.69, 9.17) is 0 Å². The molecule has 47 heavy (non-hydrogen) atoms. The molecule has 0 aromatic heterocycles. The Bertz CT molecular complexity index is 2240. The molecule has 2 aliphatic rings. The minimum atomic E-state index is -0.406. The molecule has 0 unspecified atom stereocenters. The molecule has 0 fully saturated rings. The third-order valence-corrected chi connectivity index (χ3v) is 10.5. The third-order valence-electron chi connectivity index (χ3n) is 10.5. The molecule has 7 aromatic carbocycles. The zero-order valence-corrected chi connectivity index (χ0v) is 26.7. The smallest absolute Gasteiger partial charge is 0.0714 e. The lowest BCUT2D eigenvalue weighted by Gasteiger charge is -2.34. The minimum Gasteiger partial charge on any atom is -0.356 e. The van der Waals surface area contributed by atoms with Crippen molar-refractivity contribution in [2.24, 2.45) is 0 Å². The van der Waals surface area contributed by atoms with Gasteiger partial charge in [0.1, 0.15) is 0 Å². The molecule has 224 valence electrons. The summed E-state index contributed by atoms with van der Waals surface area (Å²) in [5.74, 6) is 0. The lowest BCUT2D eigenvalue weighted by Crippen LogP contribution is -2.28. The second kappa shape index (κ2) is 10.4. The van der Waals surface area contributed by atoms with E-state index in [1.165, 1.54) is 66.8 Å². The van der Waals surface area contributed by atoms with Gasteiger partial charge >= 0.3 is 0 Å². The highest BCUT2D eigenvalue weighted by Gasteiger charge is 2.46. The van der Waals surface area contributed by atoms with Crippen molar-refractivity contribution in [1.82, 2.24) is 0 Å². The van der Waals surface area contributed by atoms with Crippen molar-refractivity contribution in [2.45, 2.75) is 24.7 Å². The second-order valence-electron chi connectivity index (χ2n) is 13.4. The van der Waals surface area contributed by atoms with Gasteiger partial charge in [0, 0.05) is 16.8 Å². The average Bonchev–Trinajstić information content (AvgIpc) is 3.55. The van der Waals surface area contributed by atoms with Gasteiger partial charge in [-0.2, -0.15) is 0 Å². The van der Waals surface area contributed by atoms with Crippen molar-refractivity contribution < 1.29 is 0 Å². The van der Waals surface area contributed by atoms with Crippen molar-refractivity contribution in [3.8, 4) is 33.4 Å². The second-order valence-corrected chi connectivity index (χ2v) is 13.4. The van der Waals surface area contributed by atoms with E-state index in [1.54, 1.807) is 0 Å². The highest BCUT2D eigenvalue weighted by atomic mass is 14.9. The van der Waals surface area contributed by atoms with Crippen molar-refractivity contribution in [3.05, 3.63) is 203 Å². The molecule has 0 aliphatic heterocycles. The molecule has 1 heteroatoms. The molecule has 0 radical (unpaired) electrons. The van der Waals surface area contributed by atoms with E-state index >= 15 is 0 Å². The maximum absolute atomic E-state index is 3.75. The molecule has 2 aliphatic carbocycles. The SMILES string of the molecule is CC1(C)c2ccccc2-c2ccc(-c3ccc(Nc4ccc5c(c4)C(c4ccccc4)(c4ccccc4)c4ccccc4-5)cc3)cc21. The Balaban J connectivity index is 1.09. The van der Waals surface area contributed by atoms with Crippen molar-refractivity contribution in [3.63, 3.8) is 0 Å². The molecule has 0 spiro atoms. The van der Waals surface area contributed by atoms with E-state index in [1.807, 2.05) is 0 Å². The van der Waals surface area contributed by atoms with Crippen LogP contribution < -0.4 is 5.32 Å². The van der Waals surface area contributed by atoms with Crippen LogP contribution >= 0.6 is 0 Å². The van der Waals surface area contributed by atoms with Crippen molar-refractivity contribution >= 4 is 11.4 Å². The fraction of sp³-hybridized carbons (Fsp3) is 0.0870. The zero-order valence-electron chi connectivity index (χ0n) is 26.7. The summed E-state index contributed by atoms with van der Waals surface area (Å²) in [6, 6.07) is 62.4. The van der Waals surface area contributed by atoms with Crippen molar-refractivity contribution in [1.29, 1.82) is 0 Å². The monoisotopic (exact) mass is 601 g/mol. The standard InChI is InChI=1S/C46H35N/c1-45(2)41-19-11-9-17-37(41)39-27-23-32(29-43(39)45)31-21-24-35(25-22-31)47-36-26-28-40-38-18-10-12-20-42(38)46(44(40)30-36,33-13-5-3-6-14-33)34-15-7-4-8-16-34/h3-30,47H,1-2H3. The van der Waals surface area contributed by atoms with Crippen LogP contribution in [-0.4, -0.2) is 0 Å². The lowest BCUT2D eigenvalue weighted by molar-refractivity contribution is 0.660. The Morgan fingerprint density at radius 1 is 0.362 bits per heavy atom. The average molecular weight is 602 g/mol. The van der Waals surface area contributed by atoms with Gasteiger partial charge in [-0.05, 0) is 97.1 Å². The number of rotatable bonds is 5. The lowest BCUT2D eigenvalue weighted by atomic mass is 9.67. The van der Waals surface area contributed by atoms with Crippen LogP contribution in [-0.2, 0) is 10.8 Å². The Labute approximate surface area is 277 Å². The van der Waals surface area contributed by atoms with Crippen LogP contribution in [0.25, 0.3) is 33.4 Å². The van der Waals surface area contributed by atoms with E-state index in [2.05, 4.69) is 189 Å². The molecular formula is C46H35N. The molecule has 0 bridgehead atoms. The highest BCUT2D eigenvalue weighted by Crippen LogP contribution is 2.56. The summed E-state index contributed by atoms with van der Waals surface area (Å²) in [6.45, 7) is 4.68. The summed E-state index contributed by atoms with van der Waals surface area (Å²) in [6.07, 6.45) is 0. The van der Waals surface area contributed by atoms with Crippen LogP contribution in [0.4, 0.5) is 11.4 Å². The number of hydrogen-bond acceptors (Lipinski definition) is 1. The Hall–Kier alpha value is -5.66. The van der Waals surface area contributed by atoms with E-state index in [9.17, 15) is 0 Å². The molecule has 9 rings (SSSR count). The van der Waals surface area contributed by atoms with Crippen molar-refractivity contribution in [2.75, 3.05) is 5.32 Å². The fourth-order valence-electron chi connectivity index (χ4n) is 8.32. The minimum absolute atomic E-state index is 0.00855. The molecule has 0 heterocycles. The maximum atomic E-state index is 3.75. The number of nitrogens with one attached hydrogen (secondary N) is 1. The quantitative estimate of drug-likeness (QED) is 0.207. The van der Waals surface area contributed by atoms with Gasteiger partial charge in [-0.25, -0.2) is 0 Å². The van der Waals surface area contributed by atoms with Crippen LogP contribution in [0, 0.1) is 0 Å². The van der Waals surface area contributed by atoms with Crippen LogP contribution in [0.2, 0.25) is 0 Å². The number of fused-ring (bicyclic) bond motifs is 6. The largest absolute Gasteiger partial charge is 0.356 e. The summed E-state index contributed by atoms with van der Waals surface area (Å²) in [7, 11) is 0. The normalized spacial score (nSPS) is 14.5. The molecular weight excluding hydrogens is 567 g/mol. The number of anilines is 2. The first-order chi connectivity index (χ1) is 23.0. The first kappa shape index (κ1) is 27.6. The number of hydrogen-bond donors (Lipinski definition) is 1. The van der Waals surface area contributed by atoms with Gasteiger partial charge < -0.3 is 5.32 Å². The first-order valence-electron chi connectivity index (χ1n) is 16.5. The Kier molecular flexibility index (Phi) is 6.14. The van der Waals surface area contributed by atoms with Crippen LogP contribution in [0.15, 0.2) is 170 Å². The van der Waals surface area contributed by atoms with Gasteiger partial charge in [-0.15, -0.1) is 0 Å². The van der Waals surface area contributed by atoms with E-state index in [-0.39, 0.29) is 5.41 Å². The molecule has 0 atom stereocenters. The summed E-state index contributed by atoms with van der Waals surface area (Å²) in [5, 5.41) is 3.75. The molecule has 0 amide bonds. The molecule has 7 aromatic rings. The highest BCUT2D eigenvalue weighted by molar-refractivity contribution is 5.88. The van der Waals surface area contributed by atoms with E-state index in [0.29, 0.717) is 0 Å². The topological polar surface area (TPSA) is 12.0 Å². The molecule has 0 saturated carbocycles. The van der Waals surface area contributed by atoms with Gasteiger partial charge in [0.05, 0.1) is 5.41 Å². The molecule has 1 N–H and O–H groups in total. The van der Waals surface area contributed by atoms with Crippen LogP contribution in [0.5, 0.6) is 0 Å². The predicted molar refractivity (Wildman–Crippen MR) is 196 cm³/mol. The first-order valence-corrected chi connectivity index (χ1v) is 16.5. The van der Waals surface area contributed by atoms with Gasteiger partial charge in [0.15, 0.2) is 0 Å².